The zero-order chi connectivity index (χ0) is 7.68. The SMILES string of the molecule is NCC1CCC1c1cccs1. The molecule has 1 saturated carbocycles. The second-order valence-electron chi connectivity index (χ2n) is 3.20. The molecule has 0 aliphatic heterocycles. The van der Waals surface area contributed by atoms with Gasteiger partial charge in [0.25, 0.3) is 0 Å². The van der Waals surface area contributed by atoms with Crippen molar-refractivity contribution in [3.63, 3.8) is 0 Å². The normalized spacial score (nSPS) is 29.9. The van der Waals surface area contributed by atoms with Crippen LogP contribution in [0.25, 0.3) is 0 Å². The van der Waals surface area contributed by atoms with Crippen LogP contribution in [0, 0.1) is 5.92 Å². The fraction of sp³-hybridized carbons (Fsp3) is 0.556. The molecule has 2 rings (SSSR count). The van der Waals surface area contributed by atoms with Gasteiger partial charge in [0, 0.05) is 4.88 Å². The predicted molar refractivity (Wildman–Crippen MR) is 48.8 cm³/mol. The number of thiophene rings is 1. The molecule has 0 amide bonds. The highest BCUT2D eigenvalue weighted by Gasteiger charge is 2.31. The Morgan fingerprint density at radius 1 is 1.55 bits per heavy atom. The Balaban J connectivity index is 2.07. The average molecular weight is 167 g/mol. The molecule has 1 aromatic rings. The summed E-state index contributed by atoms with van der Waals surface area (Å²) >= 11 is 1.87. The van der Waals surface area contributed by atoms with Gasteiger partial charge in [-0.2, -0.15) is 0 Å². The van der Waals surface area contributed by atoms with E-state index in [-0.39, 0.29) is 0 Å². The van der Waals surface area contributed by atoms with E-state index in [1.54, 1.807) is 0 Å². The first-order valence-corrected chi connectivity index (χ1v) is 5.03. The summed E-state index contributed by atoms with van der Waals surface area (Å²) in [4.78, 5) is 1.53. The van der Waals surface area contributed by atoms with Crippen LogP contribution in [0.5, 0.6) is 0 Å². The summed E-state index contributed by atoms with van der Waals surface area (Å²) in [6.45, 7) is 0.864. The van der Waals surface area contributed by atoms with Crippen LogP contribution in [-0.2, 0) is 0 Å². The van der Waals surface area contributed by atoms with Crippen molar-refractivity contribution in [3.8, 4) is 0 Å². The minimum atomic E-state index is 0.772. The molecule has 2 heteroatoms. The van der Waals surface area contributed by atoms with Crippen LogP contribution in [0.15, 0.2) is 17.5 Å². The van der Waals surface area contributed by atoms with Crippen molar-refractivity contribution in [2.75, 3.05) is 6.54 Å². The molecule has 2 atom stereocenters. The van der Waals surface area contributed by atoms with E-state index in [0.29, 0.717) is 0 Å². The summed E-state index contributed by atoms with van der Waals surface area (Å²) in [5.74, 6) is 1.56. The van der Waals surface area contributed by atoms with Gasteiger partial charge in [-0.1, -0.05) is 6.07 Å². The van der Waals surface area contributed by atoms with Crippen molar-refractivity contribution in [2.45, 2.75) is 18.8 Å². The summed E-state index contributed by atoms with van der Waals surface area (Å²) in [5.41, 5.74) is 5.63. The number of nitrogens with two attached hydrogens (primary N) is 1. The number of rotatable bonds is 2. The van der Waals surface area contributed by atoms with Crippen LogP contribution >= 0.6 is 11.3 Å². The molecule has 0 aromatic carbocycles. The van der Waals surface area contributed by atoms with Gasteiger partial charge >= 0.3 is 0 Å². The molecule has 1 aromatic heterocycles. The van der Waals surface area contributed by atoms with Crippen molar-refractivity contribution in [1.82, 2.24) is 0 Å². The fourth-order valence-electron chi connectivity index (χ4n) is 1.73. The van der Waals surface area contributed by atoms with E-state index in [2.05, 4.69) is 17.5 Å². The molecule has 1 aliphatic rings. The molecule has 0 radical (unpaired) electrons. The first kappa shape index (κ1) is 7.32. The second kappa shape index (κ2) is 2.95. The number of hydrogen-bond donors (Lipinski definition) is 1. The maximum Gasteiger partial charge on any atom is 0.00794 e. The third-order valence-corrected chi connectivity index (χ3v) is 3.63. The quantitative estimate of drug-likeness (QED) is 0.718. The van der Waals surface area contributed by atoms with Gasteiger partial charge in [-0.05, 0) is 42.7 Å². The van der Waals surface area contributed by atoms with Crippen molar-refractivity contribution in [2.24, 2.45) is 11.7 Å². The van der Waals surface area contributed by atoms with Gasteiger partial charge in [0.05, 0.1) is 0 Å². The highest BCUT2D eigenvalue weighted by molar-refractivity contribution is 7.10. The zero-order valence-corrected chi connectivity index (χ0v) is 7.31. The predicted octanol–water partition coefficient (Wildman–Crippen LogP) is 2.20. The Morgan fingerprint density at radius 2 is 2.45 bits per heavy atom. The Kier molecular flexibility index (Phi) is 1.96. The molecule has 0 bridgehead atoms. The van der Waals surface area contributed by atoms with Gasteiger partial charge < -0.3 is 5.73 Å². The molecule has 0 saturated heterocycles. The van der Waals surface area contributed by atoms with Crippen LogP contribution in [0.2, 0.25) is 0 Å². The summed E-state index contributed by atoms with van der Waals surface area (Å²) in [5, 5.41) is 2.15. The highest BCUT2D eigenvalue weighted by Crippen LogP contribution is 2.43. The summed E-state index contributed by atoms with van der Waals surface area (Å²) in [6.07, 6.45) is 2.68. The smallest absolute Gasteiger partial charge is 0.00794 e. The fourth-order valence-corrected chi connectivity index (χ4v) is 2.68. The molecule has 60 valence electrons. The van der Waals surface area contributed by atoms with Crippen molar-refractivity contribution < 1.29 is 0 Å². The molecule has 1 heterocycles. The van der Waals surface area contributed by atoms with Crippen LogP contribution in [-0.4, -0.2) is 6.54 Å². The van der Waals surface area contributed by atoms with Gasteiger partial charge in [-0.15, -0.1) is 11.3 Å². The van der Waals surface area contributed by atoms with Gasteiger partial charge in [-0.3, -0.25) is 0 Å². The first-order valence-electron chi connectivity index (χ1n) is 4.15. The molecule has 0 spiro atoms. The lowest BCUT2D eigenvalue weighted by Crippen LogP contribution is -2.29. The Morgan fingerprint density at radius 3 is 2.91 bits per heavy atom. The van der Waals surface area contributed by atoms with E-state index in [9.17, 15) is 0 Å². The lowest BCUT2D eigenvalue weighted by Gasteiger charge is -2.35. The first-order chi connectivity index (χ1) is 5.42. The molecule has 1 nitrogen and oxygen atoms in total. The van der Waals surface area contributed by atoms with E-state index in [1.807, 2.05) is 11.3 Å². The number of hydrogen-bond acceptors (Lipinski definition) is 2. The second-order valence-corrected chi connectivity index (χ2v) is 4.17. The lowest BCUT2D eigenvalue weighted by molar-refractivity contribution is 0.267. The molecule has 1 aliphatic carbocycles. The van der Waals surface area contributed by atoms with Crippen LogP contribution in [0.3, 0.4) is 0 Å². The Bertz CT molecular complexity index is 215. The molecular formula is C9H13NS. The minimum Gasteiger partial charge on any atom is -0.330 e. The van der Waals surface area contributed by atoms with Crippen LogP contribution < -0.4 is 5.73 Å². The maximum atomic E-state index is 5.63. The van der Waals surface area contributed by atoms with E-state index in [0.717, 1.165) is 18.4 Å². The molecule has 2 unspecified atom stereocenters. The average Bonchev–Trinajstić information content (AvgIpc) is 2.39. The largest absolute Gasteiger partial charge is 0.330 e. The topological polar surface area (TPSA) is 26.0 Å². The van der Waals surface area contributed by atoms with Crippen LogP contribution in [0.1, 0.15) is 23.6 Å². The van der Waals surface area contributed by atoms with Crippen molar-refractivity contribution >= 4 is 11.3 Å². The van der Waals surface area contributed by atoms with Gasteiger partial charge in [0.1, 0.15) is 0 Å². The van der Waals surface area contributed by atoms with Gasteiger partial charge in [0.2, 0.25) is 0 Å². The lowest BCUT2D eigenvalue weighted by atomic mass is 9.73. The van der Waals surface area contributed by atoms with Gasteiger partial charge in [-0.25, -0.2) is 0 Å². The molecule has 11 heavy (non-hydrogen) atoms. The molecular weight excluding hydrogens is 154 g/mol. The zero-order valence-electron chi connectivity index (χ0n) is 6.49. The van der Waals surface area contributed by atoms with Crippen molar-refractivity contribution in [3.05, 3.63) is 22.4 Å². The molecule has 1 fully saturated rings. The Hall–Kier alpha value is -0.340. The molecule has 2 N–H and O–H groups in total. The summed E-state index contributed by atoms with van der Waals surface area (Å²) in [6, 6.07) is 4.36. The maximum absolute atomic E-state index is 5.63. The summed E-state index contributed by atoms with van der Waals surface area (Å²) in [7, 11) is 0. The van der Waals surface area contributed by atoms with Crippen LogP contribution in [0.4, 0.5) is 0 Å². The van der Waals surface area contributed by atoms with E-state index in [4.69, 9.17) is 5.73 Å². The van der Waals surface area contributed by atoms with E-state index < -0.39 is 0 Å². The minimum absolute atomic E-state index is 0.772. The third-order valence-electron chi connectivity index (χ3n) is 2.63. The summed E-state index contributed by atoms with van der Waals surface area (Å²) < 4.78 is 0. The van der Waals surface area contributed by atoms with Gasteiger partial charge in [0.15, 0.2) is 0 Å². The Labute approximate surface area is 71.2 Å². The van der Waals surface area contributed by atoms with E-state index in [1.165, 1.54) is 17.7 Å². The highest BCUT2D eigenvalue weighted by atomic mass is 32.1. The third kappa shape index (κ3) is 1.21. The van der Waals surface area contributed by atoms with Crippen molar-refractivity contribution in [1.29, 1.82) is 0 Å². The van der Waals surface area contributed by atoms with E-state index >= 15 is 0 Å². The standard InChI is InChI=1S/C9H13NS/c10-6-7-3-4-8(7)9-2-1-5-11-9/h1-2,5,7-8H,3-4,6,10H2. The monoisotopic (exact) mass is 167 g/mol.